The number of benzene rings is 1. The van der Waals surface area contributed by atoms with E-state index in [4.69, 9.17) is 4.74 Å². The maximum atomic E-state index is 12.9. The smallest absolute Gasteiger partial charge is 0.161 e. The van der Waals surface area contributed by atoms with Gasteiger partial charge in [-0.3, -0.25) is 4.79 Å². The fourth-order valence-electron chi connectivity index (χ4n) is 1.25. The standard InChI is InChI=1S/C11H14FNO2/c1-8(14)10-7-9(12)3-4-11(10)13-5-6-15-2/h3-4,7,13H,5-6H2,1-2H3. The summed E-state index contributed by atoms with van der Waals surface area (Å²) in [6.45, 7) is 2.54. The summed E-state index contributed by atoms with van der Waals surface area (Å²) in [6, 6.07) is 4.11. The molecule has 0 saturated carbocycles. The third kappa shape index (κ3) is 3.32. The van der Waals surface area contributed by atoms with Crippen LogP contribution in [0.15, 0.2) is 18.2 Å². The number of halogens is 1. The first kappa shape index (κ1) is 11.7. The first-order chi connectivity index (χ1) is 7.15. The average molecular weight is 211 g/mol. The van der Waals surface area contributed by atoms with Gasteiger partial charge >= 0.3 is 0 Å². The highest BCUT2D eigenvalue weighted by atomic mass is 19.1. The molecule has 3 nitrogen and oxygen atoms in total. The Kier molecular flexibility index (Phi) is 4.24. The molecule has 82 valence electrons. The van der Waals surface area contributed by atoms with E-state index in [9.17, 15) is 9.18 Å². The van der Waals surface area contributed by atoms with Crippen LogP contribution in [0.1, 0.15) is 17.3 Å². The Labute approximate surface area is 88.2 Å². The Balaban J connectivity index is 2.81. The van der Waals surface area contributed by atoms with Crippen molar-refractivity contribution in [3.05, 3.63) is 29.6 Å². The van der Waals surface area contributed by atoms with Gasteiger partial charge in [0.15, 0.2) is 5.78 Å². The third-order valence-electron chi connectivity index (χ3n) is 1.98. The summed E-state index contributed by atoms with van der Waals surface area (Å²) >= 11 is 0. The molecule has 0 bridgehead atoms. The zero-order valence-corrected chi connectivity index (χ0v) is 8.84. The third-order valence-corrected chi connectivity index (χ3v) is 1.98. The molecule has 1 N–H and O–H groups in total. The number of carbonyl (C=O) groups excluding carboxylic acids is 1. The van der Waals surface area contributed by atoms with Crippen LogP contribution in [0.2, 0.25) is 0 Å². The molecule has 4 heteroatoms. The van der Waals surface area contributed by atoms with Gasteiger partial charge in [-0.1, -0.05) is 0 Å². The van der Waals surface area contributed by atoms with E-state index in [-0.39, 0.29) is 5.78 Å². The van der Waals surface area contributed by atoms with E-state index in [0.717, 1.165) is 0 Å². The van der Waals surface area contributed by atoms with Gasteiger partial charge in [0.05, 0.1) is 6.61 Å². The molecule has 1 aromatic carbocycles. The monoisotopic (exact) mass is 211 g/mol. The summed E-state index contributed by atoms with van der Waals surface area (Å²) in [5.74, 6) is -0.563. The number of carbonyl (C=O) groups is 1. The average Bonchev–Trinajstić information content (AvgIpc) is 2.20. The van der Waals surface area contributed by atoms with E-state index in [1.54, 1.807) is 13.2 Å². The maximum Gasteiger partial charge on any atom is 0.161 e. The van der Waals surface area contributed by atoms with E-state index < -0.39 is 5.82 Å². The highest BCUT2D eigenvalue weighted by molar-refractivity contribution is 5.99. The Morgan fingerprint density at radius 1 is 1.53 bits per heavy atom. The molecule has 0 aliphatic rings. The summed E-state index contributed by atoms with van der Waals surface area (Å²) < 4.78 is 17.8. The van der Waals surface area contributed by atoms with Crippen molar-refractivity contribution in [1.29, 1.82) is 0 Å². The molecule has 0 fully saturated rings. The molecule has 0 radical (unpaired) electrons. The number of anilines is 1. The fraction of sp³-hybridized carbons (Fsp3) is 0.364. The highest BCUT2D eigenvalue weighted by Crippen LogP contribution is 2.17. The molecule has 0 unspecified atom stereocenters. The zero-order valence-electron chi connectivity index (χ0n) is 8.84. The number of ketones is 1. The van der Waals surface area contributed by atoms with Gasteiger partial charge in [0.1, 0.15) is 5.82 Å². The van der Waals surface area contributed by atoms with Crippen LogP contribution in [0.25, 0.3) is 0 Å². The lowest BCUT2D eigenvalue weighted by Crippen LogP contribution is -2.10. The summed E-state index contributed by atoms with van der Waals surface area (Å²) in [5, 5.41) is 3.01. The molecule has 0 heterocycles. The number of methoxy groups -OCH3 is 1. The van der Waals surface area contributed by atoms with Crippen molar-refractivity contribution in [2.45, 2.75) is 6.92 Å². The van der Waals surface area contributed by atoms with Gasteiger partial charge in [0.2, 0.25) is 0 Å². The van der Waals surface area contributed by atoms with Crippen LogP contribution >= 0.6 is 0 Å². The summed E-state index contributed by atoms with van der Waals surface area (Å²) in [6.07, 6.45) is 0. The van der Waals surface area contributed by atoms with Gasteiger partial charge in [-0.15, -0.1) is 0 Å². The van der Waals surface area contributed by atoms with Crippen molar-refractivity contribution in [2.24, 2.45) is 0 Å². The topological polar surface area (TPSA) is 38.3 Å². The van der Waals surface area contributed by atoms with Gasteiger partial charge < -0.3 is 10.1 Å². The van der Waals surface area contributed by atoms with Crippen molar-refractivity contribution in [2.75, 3.05) is 25.6 Å². The predicted molar refractivity (Wildman–Crippen MR) is 56.8 cm³/mol. The molecular weight excluding hydrogens is 197 g/mol. The Hall–Kier alpha value is -1.42. The van der Waals surface area contributed by atoms with Crippen LogP contribution in [0.5, 0.6) is 0 Å². The molecule has 1 aromatic rings. The van der Waals surface area contributed by atoms with Crippen molar-refractivity contribution in [3.8, 4) is 0 Å². The number of ether oxygens (including phenoxy) is 1. The van der Waals surface area contributed by atoms with Crippen molar-refractivity contribution >= 4 is 11.5 Å². The maximum absolute atomic E-state index is 12.9. The van der Waals surface area contributed by atoms with Gasteiger partial charge in [-0.2, -0.15) is 0 Å². The van der Waals surface area contributed by atoms with Crippen molar-refractivity contribution in [1.82, 2.24) is 0 Å². The summed E-state index contributed by atoms with van der Waals surface area (Å²) in [4.78, 5) is 11.2. The van der Waals surface area contributed by atoms with E-state index >= 15 is 0 Å². The molecule has 0 saturated heterocycles. The van der Waals surface area contributed by atoms with Crippen LogP contribution in [0.4, 0.5) is 10.1 Å². The lowest BCUT2D eigenvalue weighted by molar-refractivity contribution is 0.101. The Bertz CT molecular complexity index is 352. The molecule has 1 rings (SSSR count). The van der Waals surface area contributed by atoms with Crippen molar-refractivity contribution < 1.29 is 13.9 Å². The number of hydrogen-bond donors (Lipinski definition) is 1. The van der Waals surface area contributed by atoms with Crippen molar-refractivity contribution in [3.63, 3.8) is 0 Å². The Morgan fingerprint density at radius 2 is 2.27 bits per heavy atom. The molecule has 0 spiro atoms. The molecule has 15 heavy (non-hydrogen) atoms. The first-order valence-electron chi connectivity index (χ1n) is 4.68. The molecule has 0 aromatic heterocycles. The summed E-state index contributed by atoms with van der Waals surface area (Å²) in [7, 11) is 1.60. The first-order valence-corrected chi connectivity index (χ1v) is 4.68. The van der Waals surface area contributed by atoms with E-state index in [0.29, 0.717) is 24.4 Å². The van der Waals surface area contributed by atoms with Crippen LogP contribution in [0, 0.1) is 5.82 Å². The van der Waals surface area contributed by atoms with Crippen LogP contribution < -0.4 is 5.32 Å². The van der Waals surface area contributed by atoms with Gasteiger partial charge in [0.25, 0.3) is 0 Å². The second-order valence-electron chi connectivity index (χ2n) is 3.17. The SMILES string of the molecule is COCCNc1ccc(F)cc1C(C)=O. The second kappa shape index (κ2) is 5.46. The fourth-order valence-corrected chi connectivity index (χ4v) is 1.25. The minimum Gasteiger partial charge on any atom is -0.383 e. The minimum atomic E-state index is -0.405. The number of rotatable bonds is 5. The predicted octanol–water partition coefficient (Wildman–Crippen LogP) is 2.09. The second-order valence-corrected chi connectivity index (χ2v) is 3.17. The van der Waals surface area contributed by atoms with E-state index in [2.05, 4.69) is 5.32 Å². The van der Waals surface area contributed by atoms with Crippen LogP contribution in [-0.4, -0.2) is 26.0 Å². The molecule has 0 amide bonds. The number of hydrogen-bond acceptors (Lipinski definition) is 3. The normalized spacial score (nSPS) is 10.1. The largest absolute Gasteiger partial charge is 0.383 e. The van der Waals surface area contributed by atoms with Gasteiger partial charge in [-0.25, -0.2) is 4.39 Å². The minimum absolute atomic E-state index is 0.158. The molecule has 0 aliphatic carbocycles. The van der Waals surface area contributed by atoms with Crippen LogP contribution in [0.3, 0.4) is 0 Å². The summed E-state index contributed by atoms with van der Waals surface area (Å²) in [5.41, 5.74) is 1.01. The molecular formula is C11H14FNO2. The Morgan fingerprint density at radius 3 is 2.87 bits per heavy atom. The number of nitrogens with one attached hydrogen (secondary N) is 1. The van der Waals surface area contributed by atoms with Gasteiger partial charge in [-0.05, 0) is 25.1 Å². The zero-order chi connectivity index (χ0) is 11.3. The molecule has 0 aliphatic heterocycles. The van der Waals surface area contributed by atoms with Crippen LogP contribution in [-0.2, 0) is 4.74 Å². The van der Waals surface area contributed by atoms with E-state index in [1.165, 1.54) is 19.1 Å². The lowest BCUT2D eigenvalue weighted by atomic mass is 10.1. The highest BCUT2D eigenvalue weighted by Gasteiger charge is 2.07. The lowest BCUT2D eigenvalue weighted by Gasteiger charge is -2.09. The number of Topliss-reactive ketones (excluding diaryl/α,β-unsaturated/α-hetero) is 1. The molecule has 0 atom stereocenters. The van der Waals surface area contributed by atoms with Gasteiger partial charge in [0, 0.05) is 24.9 Å². The van der Waals surface area contributed by atoms with E-state index in [1.807, 2.05) is 0 Å². The quantitative estimate of drug-likeness (QED) is 0.598.